The van der Waals surface area contributed by atoms with Gasteiger partial charge in [-0.1, -0.05) is 49.4 Å². The second kappa shape index (κ2) is 4.07. The first kappa shape index (κ1) is 11.5. The van der Waals surface area contributed by atoms with Gasteiger partial charge in [-0.25, -0.2) is 0 Å². The number of rotatable bonds is 0. The number of carbonyl (C=O) groups is 1. The van der Waals surface area contributed by atoms with Crippen molar-refractivity contribution in [3.8, 4) is 0 Å². The van der Waals surface area contributed by atoms with E-state index in [-0.39, 0.29) is 5.91 Å². The molecule has 98 valence electrons. The van der Waals surface area contributed by atoms with Crippen molar-refractivity contribution in [1.82, 2.24) is 0 Å². The van der Waals surface area contributed by atoms with Crippen LogP contribution in [0.5, 0.6) is 0 Å². The van der Waals surface area contributed by atoms with E-state index in [1.165, 1.54) is 16.7 Å². The van der Waals surface area contributed by atoms with Gasteiger partial charge in [0.25, 0.3) is 5.91 Å². The minimum atomic E-state index is 0.0325. The number of allylic oxidation sites excluding steroid dienone is 1. The monoisotopic (exact) mass is 261 g/mol. The molecule has 2 aromatic carbocycles. The Morgan fingerprint density at radius 2 is 1.70 bits per heavy atom. The molecule has 2 heteroatoms. The molecule has 0 aromatic heterocycles. The average Bonchev–Trinajstić information content (AvgIpc) is 2.96. The standard InChI is InChI=1S/C18H15NO/c1-11-10-15(13-7-3-2-6-12(11)13)17-14-8-4-5-9-16(14)19-18(17)20/h2-9,11H,10H2,1H3,(H,19,20)/b17-15-. The molecule has 1 unspecified atom stereocenters. The predicted octanol–water partition coefficient (Wildman–Crippen LogP) is 4.06. The average molecular weight is 261 g/mol. The summed E-state index contributed by atoms with van der Waals surface area (Å²) in [5.74, 6) is 0.513. The third-order valence-corrected chi connectivity index (χ3v) is 4.30. The maximum Gasteiger partial charge on any atom is 0.256 e. The van der Waals surface area contributed by atoms with Crippen LogP contribution in [-0.4, -0.2) is 5.91 Å². The first-order valence-corrected chi connectivity index (χ1v) is 6.99. The Hall–Kier alpha value is -2.35. The van der Waals surface area contributed by atoms with Gasteiger partial charge in [0.05, 0.1) is 5.57 Å². The lowest BCUT2D eigenvalue weighted by Crippen LogP contribution is -2.05. The molecule has 0 fully saturated rings. The summed E-state index contributed by atoms with van der Waals surface area (Å²) in [7, 11) is 0. The van der Waals surface area contributed by atoms with Crippen molar-refractivity contribution in [3.63, 3.8) is 0 Å². The number of benzene rings is 2. The number of anilines is 1. The number of amides is 1. The van der Waals surface area contributed by atoms with Gasteiger partial charge in [-0.2, -0.15) is 0 Å². The van der Waals surface area contributed by atoms with E-state index in [4.69, 9.17) is 0 Å². The molecule has 0 saturated heterocycles. The maximum atomic E-state index is 12.4. The number of fused-ring (bicyclic) bond motifs is 2. The summed E-state index contributed by atoms with van der Waals surface area (Å²) >= 11 is 0. The molecule has 1 aliphatic carbocycles. The summed E-state index contributed by atoms with van der Waals surface area (Å²) in [6, 6.07) is 16.4. The Morgan fingerprint density at radius 3 is 2.55 bits per heavy atom. The molecule has 2 aliphatic rings. The summed E-state index contributed by atoms with van der Waals surface area (Å²) in [5, 5.41) is 2.97. The second-order valence-corrected chi connectivity index (χ2v) is 5.55. The summed E-state index contributed by atoms with van der Waals surface area (Å²) in [5.41, 5.74) is 6.61. The van der Waals surface area contributed by atoms with E-state index < -0.39 is 0 Å². The van der Waals surface area contributed by atoms with Crippen LogP contribution in [-0.2, 0) is 4.79 Å². The molecule has 2 aromatic rings. The highest BCUT2D eigenvalue weighted by Crippen LogP contribution is 2.47. The zero-order valence-corrected chi connectivity index (χ0v) is 11.3. The smallest absolute Gasteiger partial charge is 0.256 e. The van der Waals surface area contributed by atoms with E-state index in [0.29, 0.717) is 5.92 Å². The van der Waals surface area contributed by atoms with Crippen LogP contribution in [0, 0.1) is 0 Å². The third-order valence-electron chi connectivity index (χ3n) is 4.30. The molecule has 4 rings (SSSR count). The van der Waals surface area contributed by atoms with E-state index in [0.717, 1.165) is 23.2 Å². The molecule has 2 nitrogen and oxygen atoms in total. The van der Waals surface area contributed by atoms with Crippen LogP contribution in [0.1, 0.15) is 36.0 Å². The Morgan fingerprint density at radius 1 is 1.00 bits per heavy atom. The quantitative estimate of drug-likeness (QED) is 0.712. The van der Waals surface area contributed by atoms with Gasteiger partial charge in [-0.3, -0.25) is 4.79 Å². The fourth-order valence-corrected chi connectivity index (χ4v) is 3.38. The SMILES string of the molecule is CC1C/C(=C2/C(=O)Nc3ccccc32)c2ccccc21. The Balaban J connectivity index is 1.99. The normalized spacial score (nSPS) is 23.4. The number of para-hydroxylation sites is 1. The molecule has 0 saturated carbocycles. The molecule has 0 radical (unpaired) electrons. The van der Waals surface area contributed by atoms with Crippen molar-refractivity contribution in [2.45, 2.75) is 19.3 Å². The zero-order valence-electron chi connectivity index (χ0n) is 11.3. The van der Waals surface area contributed by atoms with Crippen LogP contribution in [0.2, 0.25) is 0 Å². The molecule has 0 spiro atoms. The first-order chi connectivity index (χ1) is 9.75. The molecule has 1 N–H and O–H groups in total. The summed E-state index contributed by atoms with van der Waals surface area (Å²) in [6.07, 6.45) is 0.941. The Bertz CT molecular complexity index is 758. The molecular formula is C18H15NO. The molecule has 0 bridgehead atoms. The highest BCUT2D eigenvalue weighted by Gasteiger charge is 2.32. The van der Waals surface area contributed by atoms with E-state index in [1.54, 1.807) is 0 Å². The van der Waals surface area contributed by atoms with Crippen LogP contribution in [0.3, 0.4) is 0 Å². The van der Waals surface area contributed by atoms with Gasteiger partial charge < -0.3 is 5.32 Å². The van der Waals surface area contributed by atoms with Crippen LogP contribution in [0.4, 0.5) is 5.69 Å². The summed E-state index contributed by atoms with van der Waals surface area (Å²) < 4.78 is 0. The van der Waals surface area contributed by atoms with Gasteiger partial charge in [0.1, 0.15) is 0 Å². The molecule has 1 aliphatic heterocycles. The van der Waals surface area contributed by atoms with Gasteiger partial charge in [-0.05, 0) is 35.1 Å². The van der Waals surface area contributed by atoms with Gasteiger partial charge in [0, 0.05) is 11.3 Å². The zero-order chi connectivity index (χ0) is 13.7. The van der Waals surface area contributed by atoms with Crippen molar-refractivity contribution in [3.05, 3.63) is 65.2 Å². The second-order valence-electron chi connectivity index (χ2n) is 5.55. The van der Waals surface area contributed by atoms with Crippen LogP contribution < -0.4 is 5.32 Å². The Kier molecular flexibility index (Phi) is 2.34. The van der Waals surface area contributed by atoms with Gasteiger partial charge in [0.15, 0.2) is 0 Å². The van der Waals surface area contributed by atoms with Crippen molar-refractivity contribution in [2.24, 2.45) is 0 Å². The number of hydrogen-bond donors (Lipinski definition) is 1. The molecule has 20 heavy (non-hydrogen) atoms. The van der Waals surface area contributed by atoms with Crippen LogP contribution in [0.15, 0.2) is 48.5 Å². The predicted molar refractivity (Wildman–Crippen MR) is 81.4 cm³/mol. The highest BCUT2D eigenvalue weighted by atomic mass is 16.2. The number of nitrogens with one attached hydrogen (secondary N) is 1. The van der Waals surface area contributed by atoms with E-state index in [1.807, 2.05) is 24.3 Å². The lowest BCUT2D eigenvalue weighted by atomic mass is 9.96. The fraction of sp³-hybridized carbons (Fsp3) is 0.167. The minimum Gasteiger partial charge on any atom is -0.321 e. The lowest BCUT2D eigenvalue weighted by molar-refractivity contribution is -0.110. The summed E-state index contributed by atoms with van der Waals surface area (Å²) in [4.78, 5) is 12.4. The topological polar surface area (TPSA) is 29.1 Å². The maximum absolute atomic E-state index is 12.4. The van der Waals surface area contributed by atoms with Crippen molar-refractivity contribution in [2.75, 3.05) is 5.32 Å². The first-order valence-electron chi connectivity index (χ1n) is 6.99. The van der Waals surface area contributed by atoms with E-state index >= 15 is 0 Å². The lowest BCUT2D eigenvalue weighted by Gasteiger charge is -2.05. The molecular weight excluding hydrogens is 246 g/mol. The molecule has 1 atom stereocenters. The number of carbonyl (C=O) groups excluding carboxylic acids is 1. The van der Waals surface area contributed by atoms with E-state index in [2.05, 4.69) is 36.5 Å². The Labute approximate surface area is 118 Å². The van der Waals surface area contributed by atoms with Crippen molar-refractivity contribution in [1.29, 1.82) is 0 Å². The van der Waals surface area contributed by atoms with Crippen LogP contribution in [0.25, 0.3) is 11.1 Å². The van der Waals surface area contributed by atoms with Gasteiger partial charge >= 0.3 is 0 Å². The van der Waals surface area contributed by atoms with Crippen molar-refractivity contribution >= 4 is 22.7 Å². The van der Waals surface area contributed by atoms with Crippen molar-refractivity contribution < 1.29 is 4.79 Å². The van der Waals surface area contributed by atoms with E-state index in [9.17, 15) is 4.79 Å². The minimum absolute atomic E-state index is 0.0325. The molecule has 1 amide bonds. The van der Waals surface area contributed by atoms with Gasteiger partial charge in [-0.15, -0.1) is 0 Å². The highest BCUT2D eigenvalue weighted by molar-refractivity contribution is 6.37. The number of hydrogen-bond acceptors (Lipinski definition) is 1. The van der Waals surface area contributed by atoms with Gasteiger partial charge in [0.2, 0.25) is 0 Å². The summed E-state index contributed by atoms with van der Waals surface area (Å²) in [6.45, 7) is 2.23. The fourth-order valence-electron chi connectivity index (χ4n) is 3.38. The third kappa shape index (κ3) is 1.48. The molecule has 1 heterocycles. The van der Waals surface area contributed by atoms with Crippen LogP contribution >= 0.6 is 0 Å². The largest absolute Gasteiger partial charge is 0.321 e.